The summed E-state index contributed by atoms with van der Waals surface area (Å²) in [6, 6.07) is 15.6. The number of amides is 1. The van der Waals surface area contributed by atoms with Crippen molar-refractivity contribution in [3.05, 3.63) is 54.1 Å². The van der Waals surface area contributed by atoms with Crippen LogP contribution in [0, 0.1) is 0 Å². The first kappa shape index (κ1) is 19.2. The van der Waals surface area contributed by atoms with Gasteiger partial charge >= 0.3 is 0 Å². The van der Waals surface area contributed by atoms with E-state index in [4.69, 9.17) is 9.47 Å². The Balaban J connectivity index is 1.97. The molecular weight excluding hydrogens is 334 g/mol. The summed E-state index contributed by atoms with van der Waals surface area (Å²) in [6.45, 7) is 3.99. The van der Waals surface area contributed by atoms with Crippen molar-refractivity contribution in [1.29, 1.82) is 0 Å². The lowest BCUT2D eigenvalue weighted by Gasteiger charge is -2.20. The maximum Gasteiger partial charge on any atom is 0.233 e. The molecule has 0 fully saturated rings. The minimum absolute atomic E-state index is 0.00248. The largest absolute Gasteiger partial charge is 0.497 e. The molecule has 2 rings (SSSR count). The minimum atomic E-state index is -0.180. The van der Waals surface area contributed by atoms with Gasteiger partial charge in [-0.3, -0.25) is 4.79 Å². The lowest BCUT2D eigenvalue weighted by Crippen LogP contribution is -2.34. The molecule has 2 aromatic carbocycles. The highest BCUT2D eigenvalue weighted by atomic mass is 32.2. The van der Waals surface area contributed by atoms with Crippen LogP contribution in [0.2, 0.25) is 0 Å². The number of carbonyl (C=O) groups excluding carboxylic acids is 1. The zero-order valence-electron chi connectivity index (χ0n) is 15.1. The van der Waals surface area contributed by atoms with E-state index in [1.54, 1.807) is 14.2 Å². The maximum atomic E-state index is 12.6. The summed E-state index contributed by atoms with van der Waals surface area (Å²) in [5.74, 6) is 1.66. The molecule has 25 heavy (non-hydrogen) atoms. The van der Waals surface area contributed by atoms with Crippen LogP contribution in [0.5, 0.6) is 11.5 Å². The molecule has 0 aliphatic carbocycles. The van der Waals surface area contributed by atoms with Gasteiger partial charge in [-0.15, -0.1) is 11.8 Å². The first-order valence-corrected chi connectivity index (χ1v) is 9.20. The highest BCUT2D eigenvalue weighted by Gasteiger charge is 2.19. The van der Waals surface area contributed by atoms with Gasteiger partial charge in [-0.25, -0.2) is 0 Å². The highest BCUT2D eigenvalue weighted by Crippen LogP contribution is 2.27. The lowest BCUT2D eigenvalue weighted by atomic mass is 10.0. The van der Waals surface area contributed by atoms with E-state index in [1.807, 2.05) is 55.5 Å². The highest BCUT2D eigenvalue weighted by molar-refractivity contribution is 8.00. The molecule has 0 aliphatic rings. The zero-order valence-corrected chi connectivity index (χ0v) is 15.9. The Bertz CT molecular complexity index is 670. The van der Waals surface area contributed by atoms with Crippen LogP contribution < -0.4 is 14.8 Å². The number of nitrogens with one attached hydrogen (secondary N) is 1. The smallest absolute Gasteiger partial charge is 0.233 e. The molecule has 0 spiro atoms. The number of rotatable bonds is 8. The van der Waals surface area contributed by atoms with Crippen molar-refractivity contribution >= 4 is 17.7 Å². The fourth-order valence-corrected chi connectivity index (χ4v) is 3.33. The van der Waals surface area contributed by atoms with Crippen molar-refractivity contribution in [2.24, 2.45) is 0 Å². The molecule has 0 heterocycles. The minimum Gasteiger partial charge on any atom is -0.497 e. The molecule has 0 saturated carbocycles. The first-order valence-electron chi connectivity index (χ1n) is 8.32. The number of hydrogen-bond acceptors (Lipinski definition) is 4. The number of benzene rings is 2. The van der Waals surface area contributed by atoms with Gasteiger partial charge in [0.05, 0.1) is 25.5 Å². The third-order valence-corrected chi connectivity index (χ3v) is 5.10. The van der Waals surface area contributed by atoms with Gasteiger partial charge < -0.3 is 14.8 Å². The van der Waals surface area contributed by atoms with Gasteiger partial charge in [0, 0.05) is 4.90 Å². The number of carbonyl (C=O) groups is 1. The Kier molecular flexibility index (Phi) is 7.19. The van der Waals surface area contributed by atoms with Crippen molar-refractivity contribution in [2.45, 2.75) is 36.5 Å². The number of methoxy groups -OCH3 is 2. The average Bonchev–Trinajstić information content (AvgIpc) is 2.66. The molecule has 134 valence electrons. The fraction of sp³-hybridized carbons (Fsp3) is 0.350. The van der Waals surface area contributed by atoms with Crippen LogP contribution in [-0.2, 0) is 4.79 Å². The molecule has 0 aliphatic heterocycles. The number of ether oxygens (including phenoxy) is 2. The number of thioether (sulfide) groups is 1. The molecule has 0 bridgehead atoms. The maximum absolute atomic E-state index is 12.6. The van der Waals surface area contributed by atoms with Gasteiger partial charge in [0.15, 0.2) is 0 Å². The van der Waals surface area contributed by atoms with Crippen LogP contribution in [0.4, 0.5) is 0 Å². The molecule has 5 heteroatoms. The SMILES string of the molecule is CCC(NC(=O)C(C)Sc1ccc(OC)cc1)c1ccc(OC)cc1. The van der Waals surface area contributed by atoms with Gasteiger partial charge in [0.2, 0.25) is 5.91 Å². The Morgan fingerprint density at radius 1 is 1.00 bits per heavy atom. The van der Waals surface area contributed by atoms with Gasteiger partial charge in [0.1, 0.15) is 11.5 Å². The van der Waals surface area contributed by atoms with Gasteiger partial charge in [-0.2, -0.15) is 0 Å². The van der Waals surface area contributed by atoms with E-state index in [9.17, 15) is 4.79 Å². The van der Waals surface area contributed by atoms with E-state index in [0.29, 0.717) is 0 Å². The summed E-state index contributed by atoms with van der Waals surface area (Å²) in [4.78, 5) is 13.6. The van der Waals surface area contributed by atoms with Crippen LogP contribution in [0.15, 0.2) is 53.4 Å². The monoisotopic (exact) mass is 359 g/mol. The molecule has 0 aromatic heterocycles. The molecule has 4 nitrogen and oxygen atoms in total. The summed E-state index contributed by atoms with van der Waals surface area (Å²) in [5.41, 5.74) is 1.08. The second kappa shape index (κ2) is 9.37. The van der Waals surface area contributed by atoms with Crippen molar-refractivity contribution in [1.82, 2.24) is 5.32 Å². The zero-order chi connectivity index (χ0) is 18.2. The summed E-state index contributed by atoms with van der Waals surface area (Å²) >= 11 is 1.54. The van der Waals surface area contributed by atoms with Gasteiger partial charge in [0.25, 0.3) is 0 Å². The standard InChI is InChI=1S/C20H25NO3S/c1-5-19(15-6-8-16(23-3)9-7-15)21-20(22)14(2)25-18-12-10-17(24-4)11-13-18/h6-14,19H,5H2,1-4H3,(H,21,22). The summed E-state index contributed by atoms with van der Waals surface area (Å²) < 4.78 is 10.3. The lowest BCUT2D eigenvalue weighted by molar-refractivity contribution is -0.121. The third-order valence-electron chi connectivity index (χ3n) is 3.98. The topological polar surface area (TPSA) is 47.6 Å². The molecule has 1 N–H and O–H groups in total. The Morgan fingerprint density at radius 3 is 2.00 bits per heavy atom. The molecule has 0 saturated heterocycles. The quantitative estimate of drug-likeness (QED) is 0.707. The predicted molar refractivity (Wildman–Crippen MR) is 102 cm³/mol. The Hall–Kier alpha value is -2.14. The van der Waals surface area contributed by atoms with E-state index in [0.717, 1.165) is 28.4 Å². The molecule has 2 unspecified atom stereocenters. The van der Waals surface area contributed by atoms with Crippen molar-refractivity contribution in [3.8, 4) is 11.5 Å². The molecule has 2 aromatic rings. The molecule has 1 amide bonds. The van der Waals surface area contributed by atoms with Crippen LogP contribution in [0.1, 0.15) is 31.9 Å². The fourth-order valence-electron chi connectivity index (χ4n) is 2.46. The van der Waals surface area contributed by atoms with E-state index in [-0.39, 0.29) is 17.2 Å². The van der Waals surface area contributed by atoms with E-state index in [1.165, 1.54) is 11.8 Å². The van der Waals surface area contributed by atoms with Crippen LogP contribution >= 0.6 is 11.8 Å². The molecule has 2 atom stereocenters. The Morgan fingerprint density at radius 2 is 1.52 bits per heavy atom. The molecular formula is C20H25NO3S. The van der Waals surface area contributed by atoms with E-state index in [2.05, 4.69) is 12.2 Å². The second-order valence-corrected chi connectivity index (χ2v) is 7.09. The number of hydrogen-bond donors (Lipinski definition) is 1. The first-order chi connectivity index (χ1) is 12.1. The van der Waals surface area contributed by atoms with Gasteiger partial charge in [-0.05, 0) is 55.3 Å². The van der Waals surface area contributed by atoms with E-state index >= 15 is 0 Å². The Labute approximate surface area is 153 Å². The summed E-state index contributed by atoms with van der Waals surface area (Å²) in [6.07, 6.45) is 0.831. The molecule has 0 radical (unpaired) electrons. The van der Waals surface area contributed by atoms with Crippen molar-refractivity contribution < 1.29 is 14.3 Å². The van der Waals surface area contributed by atoms with E-state index < -0.39 is 0 Å². The summed E-state index contributed by atoms with van der Waals surface area (Å²) in [7, 11) is 3.29. The van der Waals surface area contributed by atoms with Gasteiger partial charge in [-0.1, -0.05) is 19.1 Å². The van der Waals surface area contributed by atoms with Crippen LogP contribution in [0.25, 0.3) is 0 Å². The van der Waals surface area contributed by atoms with Crippen molar-refractivity contribution in [2.75, 3.05) is 14.2 Å². The van der Waals surface area contributed by atoms with Crippen LogP contribution in [-0.4, -0.2) is 25.4 Å². The third kappa shape index (κ3) is 5.43. The van der Waals surface area contributed by atoms with Crippen LogP contribution in [0.3, 0.4) is 0 Å². The van der Waals surface area contributed by atoms with Crippen molar-refractivity contribution in [3.63, 3.8) is 0 Å². The summed E-state index contributed by atoms with van der Waals surface area (Å²) in [5, 5.41) is 2.96. The predicted octanol–water partition coefficient (Wildman–Crippen LogP) is 4.45. The average molecular weight is 359 g/mol. The normalized spacial score (nSPS) is 13.0. The second-order valence-electron chi connectivity index (χ2n) is 5.68.